The molecule has 160 valence electrons. The maximum Gasteiger partial charge on any atom is 0.418 e. The number of nitro benzene ring substituents is 1. The molecule has 0 aliphatic carbocycles. The zero-order valence-corrected chi connectivity index (χ0v) is 16.3. The number of anilines is 2. The van der Waals surface area contributed by atoms with Crippen LogP contribution in [-0.4, -0.2) is 10.8 Å². The third kappa shape index (κ3) is 5.19. The number of halogens is 3. The lowest BCUT2D eigenvalue weighted by atomic mass is 10.1. The van der Waals surface area contributed by atoms with Crippen LogP contribution in [0, 0.1) is 10.1 Å². The number of rotatable bonds is 6. The molecule has 0 fully saturated rings. The van der Waals surface area contributed by atoms with E-state index in [0.29, 0.717) is 0 Å². The SMILES string of the molecule is C[C@H](Nc1ccc(C(=O)Nc2ccccc2C(F)(F)F)cc1[N+](=O)[O-])c1ccccc1. The van der Waals surface area contributed by atoms with Gasteiger partial charge in [-0.3, -0.25) is 14.9 Å². The second-order valence-corrected chi connectivity index (χ2v) is 6.76. The second-order valence-electron chi connectivity index (χ2n) is 6.76. The summed E-state index contributed by atoms with van der Waals surface area (Å²) in [5, 5.41) is 16.8. The van der Waals surface area contributed by atoms with Crippen molar-refractivity contribution in [1.82, 2.24) is 0 Å². The van der Waals surface area contributed by atoms with Crippen molar-refractivity contribution >= 4 is 23.0 Å². The first kappa shape index (κ1) is 21.8. The molecule has 0 aliphatic rings. The van der Waals surface area contributed by atoms with Gasteiger partial charge in [-0.15, -0.1) is 0 Å². The molecular weight excluding hydrogens is 411 g/mol. The fourth-order valence-corrected chi connectivity index (χ4v) is 3.04. The highest BCUT2D eigenvalue weighted by atomic mass is 19.4. The fourth-order valence-electron chi connectivity index (χ4n) is 3.04. The quantitative estimate of drug-likeness (QED) is 0.370. The smallest absolute Gasteiger partial charge is 0.373 e. The van der Waals surface area contributed by atoms with Gasteiger partial charge in [-0.2, -0.15) is 13.2 Å². The number of hydrogen-bond donors (Lipinski definition) is 2. The summed E-state index contributed by atoms with van der Waals surface area (Å²) >= 11 is 0. The van der Waals surface area contributed by atoms with Crippen LogP contribution in [0.4, 0.5) is 30.2 Å². The Balaban J connectivity index is 1.86. The fraction of sp³-hybridized carbons (Fsp3) is 0.136. The number of nitrogens with one attached hydrogen (secondary N) is 2. The molecule has 0 spiro atoms. The molecule has 0 unspecified atom stereocenters. The van der Waals surface area contributed by atoms with Gasteiger partial charge in [-0.1, -0.05) is 42.5 Å². The van der Waals surface area contributed by atoms with Gasteiger partial charge in [0, 0.05) is 17.7 Å². The van der Waals surface area contributed by atoms with Crippen LogP contribution < -0.4 is 10.6 Å². The summed E-state index contributed by atoms with van der Waals surface area (Å²) in [6, 6.07) is 17.2. The highest BCUT2D eigenvalue weighted by Gasteiger charge is 2.33. The minimum Gasteiger partial charge on any atom is -0.373 e. The van der Waals surface area contributed by atoms with Crippen molar-refractivity contribution in [3.05, 3.63) is 99.6 Å². The Morgan fingerprint density at radius 1 is 0.968 bits per heavy atom. The highest BCUT2D eigenvalue weighted by molar-refractivity contribution is 6.05. The molecule has 0 aromatic heterocycles. The van der Waals surface area contributed by atoms with Crippen molar-refractivity contribution in [2.45, 2.75) is 19.1 Å². The third-order valence-corrected chi connectivity index (χ3v) is 4.61. The van der Waals surface area contributed by atoms with Crippen LogP contribution in [0.1, 0.15) is 34.5 Å². The van der Waals surface area contributed by atoms with E-state index in [1.165, 1.54) is 24.3 Å². The molecule has 31 heavy (non-hydrogen) atoms. The van der Waals surface area contributed by atoms with Gasteiger partial charge in [0.1, 0.15) is 5.69 Å². The summed E-state index contributed by atoms with van der Waals surface area (Å²) in [5.41, 5.74) is -0.840. The van der Waals surface area contributed by atoms with Gasteiger partial charge >= 0.3 is 6.18 Å². The second kappa shape index (κ2) is 8.86. The first-order valence-electron chi connectivity index (χ1n) is 9.24. The van der Waals surface area contributed by atoms with Crippen molar-refractivity contribution in [3.63, 3.8) is 0 Å². The Morgan fingerprint density at radius 2 is 1.61 bits per heavy atom. The van der Waals surface area contributed by atoms with E-state index >= 15 is 0 Å². The molecule has 3 rings (SSSR count). The lowest BCUT2D eigenvalue weighted by Crippen LogP contribution is -2.17. The van der Waals surface area contributed by atoms with Gasteiger partial charge in [0.25, 0.3) is 11.6 Å². The van der Waals surface area contributed by atoms with Crippen molar-refractivity contribution in [3.8, 4) is 0 Å². The highest BCUT2D eigenvalue weighted by Crippen LogP contribution is 2.35. The van der Waals surface area contributed by atoms with Crippen LogP contribution in [0.2, 0.25) is 0 Å². The predicted octanol–water partition coefficient (Wildman–Crippen LogP) is 6.04. The zero-order chi connectivity index (χ0) is 22.6. The summed E-state index contributed by atoms with van der Waals surface area (Å²) in [6.07, 6.45) is -4.66. The van der Waals surface area contributed by atoms with Crippen molar-refractivity contribution < 1.29 is 22.9 Å². The molecule has 1 atom stereocenters. The number of carbonyl (C=O) groups is 1. The van der Waals surface area contributed by atoms with Crippen molar-refractivity contribution in [2.75, 3.05) is 10.6 Å². The van der Waals surface area contributed by atoms with Gasteiger partial charge in [-0.25, -0.2) is 0 Å². The third-order valence-electron chi connectivity index (χ3n) is 4.61. The summed E-state index contributed by atoms with van der Waals surface area (Å²) in [4.78, 5) is 23.4. The maximum absolute atomic E-state index is 13.1. The summed E-state index contributed by atoms with van der Waals surface area (Å²) in [6.45, 7) is 1.83. The maximum atomic E-state index is 13.1. The zero-order valence-electron chi connectivity index (χ0n) is 16.3. The van der Waals surface area contributed by atoms with E-state index in [0.717, 1.165) is 23.8 Å². The van der Waals surface area contributed by atoms with E-state index in [-0.39, 0.29) is 23.0 Å². The molecule has 0 saturated carbocycles. The van der Waals surface area contributed by atoms with Crippen LogP contribution in [-0.2, 0) is 6.18 Å². The molecule has 6 nitrogen and oxygen atoms in total. The molecular formula is C22H18F3N3O3. The monoisotopic (exact) mass is 429 g/mol. The number of amides is 1. The molecule has 2 N–H and O–H groups in total. The van der Waals surface area contributed by atoms with Crippen LogP contribution in [0.3, 0.4) is 0 Å². The lowest BCUT2D eigenvalue weighted by Gasteiger charge is -2.16. The molecule has 0 bridgehead atoms. The van der Waals surface area contributed by atoms with Gasteiger partial charge < -0.3 is 10.6 Å². The lowest BCUT2D eigenvalue weighted by molar-refractivity contribution is -0.384. The number of hydrogen-bond acceptors (Lipinski definition) is 4. The Bertz CT molecular complexity index is 1100. The van der Waals surface area contributed by atoms with Crippen LogP contribution in [0.15, 0.2) is 72.8 Å². The Morgan fingerprint density at radius 3 is 2.26 bits per heavy atom. The van der Waals surface area contributed by atoms with Gasteiger partial charge in [0.05, 0.1) is 16.2 Å². The average Bonchev–Trinajstić information content (AvgIpc) is 2.74. The Labute approximate surface area is 175 Å². The topological polar surface area (TPSA) is 84.3 Å². The summed E-state index contributed by atoms with van der Waals surface area (Å²) < 4.78 is 39.4. The minimum atomic E-state index is -4.66. The largest absolute Gasteiger partial charge is 0.418 e. The molecule has 0 saturated heterocycles. The molecule has 1 amide bonds. The molecule has 0 aliphatic heterocycles. The van der Waals surface area contributed by atoms with E-state index in [2.05, 4.69) is 10.6 Å². The first-order chi connectivity index (χ1) is 14.7. The number of para-hydroxylation sites is 1. The van der Waals surface area contributed by atoms with Crippen LogP contribution in [0.5, 0.6) is 0 Å². The van der Waals surface area contributed by atoms with Gasteiger partial charge in [0.2, 0.25) is 0 Å². The van der Waals surface area contributed by atoms with Gasteiger partial charge in [-0.05, 0) is 36.8 Å². The first-order valence-corrected chi connectivity index (χ1v) is 9.24. The molecule has 0 heterocycles. The minimum absolute atomic E-state index is 0.137. The number of nitrogens with zero attached hydrogens (tertiary/aromatic N) is 1. The predicted molar refractivity (Wildman–Crippen MR) is 111 cm³/mol. The molecule has 3 aromatic carbocycles. The normalized spacial score (nSPS) is 12.1. The van der Waals surface area contributed by atoms with E-state index < -0.39 is 28.3 Å². The standard InChI is InChI=1S/C22H18F3N3O3/c1-14(15-7-3-2-4-8-15)26-19-12-11-16(13-20(19)28(30)31)21(29)27-18-10-6-5-9-17(18)22(23,24)25/h2-14,26H,1H3,(H,27,29)/t14-/m0/s1. The molecule has 3 aromatic rings. The van der Waals surface area contributed by atoms with Crippen molar-refractivity contribution in [2.24, 2.45) is 0 Å². The van der Waals surface area contributed by atoms with Gasteiger partial charge in [0.15, 0.2) is 0 Å². The van der Waals surface area contributed by atoms with E-state index in [1.807, 2.05) is 37.3 Å². The summed E-state index contributed by atoms with van der Waals surface area (Å²) in [5.74, 6) is -0.887. The number of benzene rings is 3. The van der Waals surface area contributed by atoms with E-state index in [1.54, 1.807) is 0 Å². The van der Waals surface area contributed by atoms with Crippen LogP contribution in [0.25, 0.3) is 0 Å². The van der Waals surface area contributed by atoms with Crippen molar-refractivity contribution in [1.29, 1.82) is 0 Å². The Kier molecular flexibility index (Phi) is 6.24. The van der Waals surface area contributed by atoms with E-state index in [9.17, 15) is 28.1 Å². The molecule has 0 radical (unpaired) electrons. The van der Waals surface area contributed by atoms with E-state index in [4.69, 9.17) is 0 Å². The van der Waals surface area contributed by atoms with Crippen LogP contribution >= 0.6 is 0 Å². The number of nitro groups is 1. The Hall–Kier alpha value is -3.88. The number of alkyl halides is 3. The molecule has 9 heteroatoms. The average molecular weight is 429 g/mol. The number of carbonyl (C=O) groups excluding carboxylic acids is 1. The summed E-state index contributed by atoms with van der Waals surface area (Å²) in [7, 11) is 0.